The molecule has 1 amide bonds. The van der Waals surface area contributed by atoms with E-state index in [9.17, 15) is 13.2 Å². The van der Waals surface area contributed by atoms with Crippen molar-refractivity contribution in [3.63, 3.8) is 0 Å². The van der Waals surface area contributed by atoms with Crippen molar-refractivity contribution in [3.8, 4) is 5.75 Å². The third-order valence-corrected chi connectivity index (χ3v) is 8.10. The van der Waals surface area contributed by atoms with E-state index >= 15 is 0 Å². The van der Waals surface area contributed by atoms with Gasteiger partial charge in [-0.3, -0.25) is 9.69 Å². The second-order valence-corrected chi connectivity index (χ2v) is 10.2. The number of carbonyl (C=O) groups is 1. The highest BCUT2D eigenvalue weighted by Gasteiger charge is 2.41. The van der Waals surface area contributed by atoms with Gasteiger partial charge in [0.05, 0.1) is 18.6 Å². The molecule has 172 valence electrons. The number of likely N-dealkylation sites (tertiary alicyclic amines) is 1. The summed E-state index contributed by atoms with van der Waals surface area (Å²) in [6.07, 6.45) is 3.32. The smallest absolute Gasteiger partial charge is 0.245 e. The summed E-state index contributed by atoms with van der Waals surface area (Å²) in [5.41, 5.74) is 0.761. The predicted octanol–water partition coefficient (Wildman–Crippen LogP) is 3.10. The minimum Gasteiger partial charge on any atom is -0.497 e. The summed E-state index contributed by atoms with van der Waals surface area (Å²) >= 11 is 0. The molecule has 2 aliphatic rings. The second kappa shape index (κ2) is 10.0. The minimum atomic E-state index is -3.78. The minimum absolute atomic E-state index is 0.0271. The molecule has 0 aromatic heterocycles. The Kier molecular flexibility index (Phi) is 7.13. The number of ether oxygens (including phenoxy) is 1. The average molecular weight is 458 g/mol. The van der Waals surface area contributed by atoms with Crippen LogP contribution in [-0.4, -0.2) is 68.3 Å². The van der Waals surface area contributed by atoms with Crippen LogP contribution in [0.4, 0.5) is 0 Å². The van der Waals surface area contributed by atoms with Crippen molar-refractivity contribution in [2.24, 2.45) is 0 Å². The van der Waals surface area contributed by atoms with Gasteiger partial charge in [-0.15, -0.1) is 0 Å². The molecule has 0 bridgehead atoms. The van der Waals surface area contributed by atoms with E-state index in [0.717, 1.165) is 31.5 Å². The van der Waals surface area contributed by atoms with Gasteiger partial charge >= 0.3 is 0 Å². The van der Waals surface area contributed by atoms with Gasteiger partial charge in [-0.1, -0.05) is 36.8 Å². The van der Waals surface area contributed by atoms with Crippen LogP contribution in [0.25, 0.3) is 0 Å². The molecular weight excluding hydrogens is 426 g/mol. The van der Waals surface area contributed by atoms with Crippen LogP contribution in [0.3, 0.4) is 0 Å². The van der Waals surface area contributed by atoms with Crippen LogP contribution in [-0.2, 0) is 14.8 Å². The number of nitrogens with zero attached hydrogens (tertiary/aromatic N) is 3. The molecule has 1 atom stereocenters. The van der Waals surface area contributed by atoms with Crippen LogP contribution in [0, 0.1) is 0 Å². The first kappa shape index (κ1) is 22.8. The zero-order valence-electron chi connectivity index (χ0n) is 18.5. The third kappa shape index (κ3) is 4.82. The number of piperidine rings is 1. The quantitative estimate of drug-likeness (QED) is 0.667. The van der Waals surface area contributed by atoms with E-state index in [1.54, 1.807) is 42.3 Å². The lowest BCUT2D eigenvalue weighted by Crippen LogP contribution is -2.54. The van der Waals surface area contributed by atoms with E-state index in [-0.39, 0.29) is 10.8 Å². The molecule has 0 N–H and O–H groups in total. The largest absolute Gasteiger partial charge is 0.497 e. The first-order valence-electron chi connectivity index (χ1n) is 11.2. The highest BCUT2D eigenvalue weighted by molar-refractivity contribution is 7.89. The molecule has 2 heterocycles. The van der Waals surface area contributed by atoms with E-state index in [4.69, 9.17) is 4.74 Å². The fourth-order valence-corrected chi connectivity index (χ4v) is 6.20. The third-order valence-electron chi connectivity index (χ3n) is 6.24. The van der Waals surface area contributed by atoms with Crippen LogP contribution < -0.4 is 4.74 Å². The van der Waals surface area contributed by atoms with Crippen LogP contribution in [0.2, 0.25) is 0 Å². The molecule has 2 fully saturated rings. The zero-order valence-corrected chi connectivity index (χ0v) is 19.3. The van der Waals surface area contributed by atoms with Crippen molar-refractivity contribution in [1.29, 1.82) is 0 Å². The van der Waals surface area contributed by atoms with Gasteiger partial charge < -0.3 is 9.64 Å². The van der Waals surface area contributed by atoms with Crippen molar-refractivity contribution < 1.29 is 17.9 Å². The predicted molar refractivity (Wildman–Crippen MR) is 123 cm³/mol. The molecule has 2 aliphatic heterocycles. The summed E-state index contributed by atoms with van der Waals surface area (Å²) in [5, 5.41) is 0. The lowest BCUT2D eigenvalue weighted by Gasteiger charge is -2.44. The number of methoxy groups -OCH3 is 1. The van der Waals surface area contributed by atoms with Crippen molar-refractivity contribution in [2.75, 3.05) is 39.8 Å². The first-order valence-corrected chi connectivity index (χ1v) is 12.7. The standard InChI is InChI=1S/C24H31N3O4S/c1-31-21-13-11-20(12-14-21)24-26(23(28)19-25-15-6-3-7-16-25)17-8-18-27(24)32(29,30)22-9-4-2-5-10-22/h2,4-5,9-14,24H,3,6-8,15-19H2,1H3/t24-/m1/s1. The van der Waals surface area contributed by atoms with Gasteiger partial charge in [0.2, 0.25) is 15.9 Å². The molecule has 32 heavy (non-hydrogen) atoms. The first-order chi connectivity index (χ1) is 15.5. The Labute approximate surface area is 190 Å². The lowest BCUT2D eigenvalue weighted by atomic mass is 10.1. The summed E-state index contributed by atoms with van der Waals surface area (Å²) in [6, 6.07) is 15.8. The molecule has 0 spiro atoms. The van der Waals surface area contributed by atoms with Crippen LogP contribution in [0.15, 0.2) is 59.5 Å². The molecule has 0 saturated carbocycles. The Morgan fingerprint density at radius 3 is 2.25 bits per heavy atom. The fraction of sp³-hybridized carbons (Fsp3) is 0.458. The number of benzene rings is 2. The molecule has 8 heteroatoms. The van der Waals surface area contributed by atoms with Gasteiger partial charge in [0, 0.05) is 13.1 Å². The Morgan fingerprint density at radius 2 is 1.59 bits per heavy atom. The maximum absolute atomic E-state index is 13.6. The SMILES string of the molecule is COc1ccc([C@@H]2N(C(=O)CN3CCCCC3)CCCN2S(=O)(=O)c2ccccc2)cc1. The van der Waals surface area contributed by atoms with Crippen molar-refractivity contribution in [3.05, 3.63) is 60.2 Å². The maximum atomic E-state index is 13.6. The molecule has 0 unspecified atom stereocenters. The number of sulfonamides is 1. The average Bonchev–Trinajstić information content (AvgIpc) is 2.85. The Balaban J connectivity index is 1.69. The van der Waals surface area contributed by atoms with E-state index < -0.39 is 16.2 Å². The summed E-state index contributed by atoms with van der Waals surface area (Å²) in [4.78, 5) is 17.6. The van der Waals surface area contributed by atoms with E-state index in [2.05, 4.69) is 4.90 Å². The number of hydrogen-bond acceptors (Lipinski definition) is 5. The Bertz CT molecular complexity index is 1010. The monoisotopic (exact) mass is 457 g/mol. The molecule has 4 rings (SSSR count). The normalized spacial score (nSPS) is 20.8. The van der Waals surface area contributed by atoms with Crippen LogP contribution in [0.5, 0.6) is 5.75 Å². The van der Waals surface area contributed by atoms with Crippen LogP contribution in [0.1, 0.15) is 37.4 Å². The topological polar surface area (TPSA) is 70.2 Å². The van der Waals surface area contributed by atoms with Crippen molar-refractivity contribution in [2.45, 2.75) is 36.7 Å². The van der Waals surface area contributed by atoms with Crippen LogP contribution >= 0.6 is 0 Å². The van der Waals surface area contributed by atoms with Crippen molar-refractivity contribution in [1.82, 2.24) is 14.1 Å². The number of amides is 1. The second-order valence-electron chi connectivity index (χ2n) is 8.35. The summed E-state index contributed by atoms with van der Waals surface area (Å²) in [5.74, 6) is 0.661. The summed E-state index contributed by atoms with van der Waals surface area (Å²) in [7, 11) is -2.19. The van der Waals surface area contributed by atoms with Gasteiger partial charge in [0.1, 0.15) is 11.9 Å². The zero-order chi connectivity index (χ0) is 22.6. The van der Waals surface area contributed by atoms with Gasteiger partial charge in [-0.2, -0.15) is 4.31 Å². The van der Waals surface area contributed by atoms with Gasteiger partial charge in [-0.25, -0.2) is 8.42 Å². The summed E-state index contributed by atoms with van der Waals surface area (Å²) < 4.78 is 34.0. The van der Waals surface area contributed by atoms with Gasteiger partial charge in [-0.05, 0) is 62.2 Å². The molecular formula is C24H31N3O4S. The Hall–Kier alpha value is -2.42. The fourth-order valence-electron chi connectivity index (χ4n) is 4.56. The molecule has 7 nitrogen and oxygen atoms in total. The highest BCUT2D eigenvalue weighted by Crippen LogP contribution is 2.35. The lowest BCUT2D eigenvalue weighted by molar-refractivity contribution is -0.139. The van der Waals surface area contributed by atoms with E-state index in [1.807, 2.05) is 24.3 Å². The number of carbonyl (C=O) groups excluding carboxylic acids is 1. The van der Waals surface area contributed by atoms with E-state index in [1.165, 1.54) is 10.7 Å². The number of rotatable bonds is 6. The van der Waals surface area contributed by atoms with Crippen molar-refractivity contribution >= 4 is 15.9 Å². The molecule has 0 radical (unpaired) electrons. The number of hydrogen-bond donors (Lipinski definition) is 0. The molecule has 0 aliphatic carbocycles. The van der Waals surface area contributed by atoms with Gasteiger partial charge in [0.25, 0.3) is 0 Å². The maximum Gasteiger partial charge on any atom is 0.245 e. The molecule has 2 aromatic carbocycles. The van der Waals surface area contributed by atoms with Gasteiger partial charge in [0.15, 0.2) is 0 Å². The summed E-state index contributed by atoms with van der Waals surface area (Å²) in [6.45, 7) is 3.05. The Morgan fingerprint density at radius 1 is 0.906 bits per heavy atom. The highest BCUT2D eigenvalue weighted by atomic mass is 32.2. The molecule has 2 aromatic rings. The molecule has 2 saturated heterocycles. The van der Waals surface area contributed by atoms with E-state index in [0.29, 0.717) is 31.8 Å².